The second kappa shape index (κ2) is 10.1. The van der Waals surface area contributed by atoms with Crippen LogP contribution in [0.15, 0.2) is 116 Å². The summed E-state index contributed by atoms with van der Waals surface area (Å²) in [6.45, 7) is 0.251. The van der Waals surface area contributed by atoms with Gasteiger partial charge in [0.15, 0.2) is 5.76 Å². The van der Waals surface area contributed by atoms with E-state index in [0.717, 1.165) is 21.0 Å². The Kier molecular flexibility index (Phi) is 6.31. The normalized spacial score (nSPS) is 11.5. The Morgan fingerprint density at radius 2 is 1.82 bits per heavy atom. The summed E-state index contributed by atoms with van der Waals surface area (Å²) in [5.41, 5.74) is 2.42. The first-order valence-corrected chi connectivity index (χ1v) is 12.6. The van der Waals surface area contributed by atoms with Crippen LogP contribution in [0.3, 0.4) is 0 Å². The molecule has 6 aromatic rings. The molecule has 0 atom stereocenters. The van der Waals surface area contributed by atoms with Gasteiger partial charge in [0.25, 0.3) is 5.56 Å². The number of hydrogen-bond acceptors (Lipinski definition) is 5. The van der Waals surface area contributed by atoms with E-state index >= 15 is 0 Å². The van der Waals surface area contributed by atoms with Gasteiger partial charge in [-0.2, -0.15) is 9.78 Å². The molecule has 6 rings (SSSR count). The van der Waals surface area contributed by atoms with Crippen molar-refractivity contribution >= 4 is 44.0 Å². The molecule has 6 nitrogen and oxygen atoms in total. The number of benzene rings is 4. The molecule has 0 aliphatic carbocycles. The third-order valence-electron chi connectivity index (χ3n) is 5.95. The highest BCUT2D eigenvalue weighted by Crippen LogP contribution is 2.29. The standard InChI is InChI=1S/C30H19BrFN3O3/c31-22-10-13-27-21(15-22)16-28(38-27)29-34-26-7-2-1-6-25(26)30(36)35(29)33-17-19-8-11-24(12-9-19)37-18-20-4-3-5-23(32)14-20/h1-17H,18H2. The fraction of sp³-hybridized carbons (Fsp3) is 0.0333. The molecule has 0 saturated heterocycles. The molecule has 4 aromatic carbocycles. The number of fused-ring (bicyclic) bond motifs is 2. The number of halogens is 2. The third kappa shape index (κ3) is 4.86. The fourth-order valence-corrected chi connectivity index (χ4v) is 4.46. The zero-order valence-corrected chi connectivity index (χ0v) is 21.4. The minimum absolute atomic E-state index is 0.251. The molecular weight excluding hydrogens is 549 g/mol. The topological polar surface area (TPSA) is 69.6 Å². The summed E-state index contributed by atoms with van der Waals surface area (Å²) in [7, 11) is 0. The molecule has 0 amide bonds. The molecule has 0 aliphatic rings. The van der Waals surface area contributed by atoms with Crippen molar-refractivity contribution in [2.75, 3.05) is 0 Å². The summed E-state index contributed by atoms with van der Waals surface area (Å²) in [6, 6.07) is 28.2. The molecule has 0 N–H and O–H groups in total. The SMILES string of the molecule is O=c1c2ccccc2nc(-c2cc3cc(Br)ccc3o2)n1N=Cc1ccc(OCc2cccc(F)c2)cc1. The molecule has 0 spiro atoms. The molecule has 186 valence electrons. The second-order valence-corrected chi connectivity index (χ2v) is 9.51. The quantitative estimate of drug-likeness (QED) is 0.200. The maximum absolute atomic E-state index is 13.4. The van der Waals surface area contributed by atoms with Crippen LogP contribution in [-0.4, -0.2) is 15.9 Å². The van der Waals surface area contributed by atoms with Crippen LogP contribution in [0.1, 0.15) is 11.1 Å². The Bertz CT molecular complexity index is 1880. The summed E-state index contributed by atoms with van der Waals surface area (Å²) < 4.78 is 27.3. The van der Waals surface area contributed by atoms with Crippen molar-refractivity contribution in [3.63, 3.8) is 0 Å². The van der Waals surface area contributed by atoms with Crippen LogP contribution in [0.4, 0.5) is 4.39 Å². The highest BCUT2D eigenvalue weighted by atomic mass is 79.9. The highest BCUT2D eigenvalue weighted by molar-refractivity contribution is 9.10. The van der Waals surface area contributed by atoms with Gasteiger partial charge in [-0.15, -0.1) is 0 Å². The number of hydrogen-bond donors (Lipinski definition) is 0. The predicted octanol–water partition coefficient (Wildman–Crippen LogP) is 7.17. The largest absolute Gasteiger partial charge is 0.489 e. The first-order valence-electron chi connectivity index (χ1n) is 11.8. The molecule has 0 radical (unpaired) electrons. The second-order valence-electron chi connectivity index (χ2n) is 8.59. The lowest BCUT2D eigenvalue weighted by Crippen LogP contribution is -2.20. The number of ether oxygens (including phenoxy) is 1. The van der Waals surface area contributed by atoms with Gasteiger partial charge >= 0.3 is 0 Å². The molecule has 0 bridgehead atoms. The lowest BCUT2D eigenvalue weighted by atomic mass is 10.2. The van der Waals surface area contributed by atoms with E-state index in [4.69, 9.17) is 14.1 Å². The molecular formula is C30H19BrFN3O3. The Hall–Kier alpha value is -4.56. The van der Waals surface area contributed by atoms with Crippen molar-refractivity contribution in [1.29, 1.82) is 0 Å². The van der Waals surface area contributed by atoms with Crippen LogP contribution in [-0.2, 0) is 6.61 Å². The van der Waals surface area contributed by atoms with E-state index < -0.39 is 0 Å². The highest BCUT2D eigenvalue weighted by Gasteiger charge is 2.16. The van der Waals surface area contributed by atoms with Crippen LogP contribution in [0.2, 0.25) is 0 Å². The monoisotopic (exact) mass is 567 g/mol. The smallest absolute Gasteiger partial charge is 0.282 e. The van der Waals surface area contributed by atoms with Crippen molar-refractivity contribution in [1.82, 2.24) is 9.66 Å². The van der Waals surface area contributed by atoms with Gasteiger partial charge in [-0.05, 0) is 83.9 Å². The van der Waals surface area contributed by atoms with Gasteiger partial charge in [-0.25, -0.2) is 9.37 Å². The number of rotatable bonds is 6. The minimum atomic E-state index is -0.307. The fourth-order valence-electron chi connectivity index (χ4n) is 4.08. The molecule has 0 aliphatic heterocycles. The number of para-hydroxylation sites is 1. The number of aromatic nitrogens is 2. The van der Waals surface area contributed by atoms with Crippen molar-refractivity contribution < 1.29 is 13.5 Å². The lowest BCUT2D eigenvalue weighted by Gasteiger charge is -2.08. The van der Waals surface area contributed by atoms with E-state index in [1.54, 1.807) is 48.7 Å². The Balaban J connectivity index is 1.33. The Labute approximate surface area is 224 Å². The first kappa shape index (κ1) is 23.8. The molecule has 2 aromatic heterocycles. The Morgan fingerprint density at radius 1 is 0.974 bits per heavy atom. The third-order valence-corrected chi connectivity index (χ3v) is 6.44. The van der Waals surface area contributed by atoms with Crippen molar-refractivity contribution in [3.05, 3.63) is 129 Å². The van der Waals surface area contributed by atoms with E-state index in [2.05, 4.69) is 21.0 Å². The van der Waals surface area contributed by atoms with E-state index in [9.17, 15) is 9.18 Å². The van der Waals surface area contributed by atoms with E-state index in [1.807, 2.05) is 42.5 Å². The van der Waals surface area contributed by atoms with Crippen LogP contribution in [0.25, 0.3) is 33.5 Å². The van der Waals surface area contributed by atoms with Crippen LogP contribution >= 0.6 is 15.9 Å². The summed E-state index contributed by atoms with van der Waals surface area (Å²) in [5.74, 6) is 1.06. The molecule has 38 heavy (non-hydrogen) atoms. The van der Waals surface area contributed by atoms with Crippen molar-refractivity contribution in [2.45, 2.75) is 6.61 Å². The van der Waals surface area contributed by atoms with Crippen molar-refractivity contribution in [3.8, 4) is 17.3 Å². The maximum Gasteiger partial charge on any atom is 0.282 e. The van der Waals surface area contributed by atoms with Gasteiger partial charge in [0, 0.05) is 9.86 Å². The molecule has 8 heteroatoms. The van der Waals surface area contributed by atoms with Gasteiger partial charge in [0.2, 0.25) is 5.82 Å². The summed E-state index contributed by atoms with van der Waals surface area (Å²) in [6.07, 6.45) is 1.58. The van der Waals surface area contributed by atoms with E-state index in [1.165, 1.54) is 16.8 Å². The van der Waals surface area contributed by atoms with Crippen LogP contribution < -0.4 is 10.3 Å². The van der Waals surface area contributed by atoms with Gasteiger partial charge in [-0.3, -0.25) is 4.79 Å². The molecule has 0 saturated carbocycles. The number of nitrogens with zero attached hydrogens (tertiary/aromatic N) is 3. The lowest BCUT2D eigenvalue weighted by molar-refractivity contribution is 0.305. The van der Waals surface area contributed by atoms with E-state index in [0.29, 0.717) is 33.8 Å². The van der Waals surface area contributed by atoms with E-state index in [-0.39, 0.29) is 18.0 Å². The van der Waals surface area contributed by atoms with Gasteiger partial charge in [-0.1, -0.05) is 40.2 Å². The maximum atomic E-state index is 13.4. The van der Waals surface area contributed by atoms with Gasteiger partial charge in [0.1, 0.15) is 23.8 Å². The Morgan fingerprint density at radius 3 is 2.66 bits per heavy atom. The summed E-state index contributed by atoms with van der Waals surface area (Å²) >= 11 is 3.48. The zero-order chi connectivity index (χ0) is 26.1. The molecule has 0 unspecified atom stereocenters. The zero-order valence-electron chi connectivity index (χ0n) is 19.8. The van der Waals surface area contributed by atoms with Gasteiger partial charge < -0.3 is 9.15 Å². The predicted molar refractivity (Wildman–Crippen MR) is 149 cm³/mol. The van der Waals surface area contributed by atoms with Crippen molar-refractivity contribution in [2.24, 2.45) is 5.10 Å². The average Bonchev–Trinajstić information content (AvgIpc) is 3.35. The van der Waals surface area contributed by atoms with Crippen LogP contribution in [0, 0.1) is 5.82 Å². The van der Waals surface area contributed by atoms with Gasteiger partial charge in [0.05, 0.1) is 17.1 Å². The summed E-state index contributed by atoms with van der Waals surface area (Å²) in [4.78, 5) is 18.1. The average molecular weight is 568 g/mol. The molecule has 0 fully saturated rings. The van der Waals surface area contributed by atoms with Crippen LogP contribution in [0.5, 0.6) is 5.75 Å². The molecule has 2 heterocycles. The number of furan rings is 1. The minimum Gasteiger partial charge on any atom is -0.489 e. The summed E-state index contributed by atoms with van der Waals surface area (Å²) in [5, 5.41) is 5.82. The first-order chi connectivity index (χ1) is 18.5.